The van der Waals surface area contributed by atoms with E-state index < -0.39 is 17.3 Å². The minimum atomic E-state index is -1.14. The molecular weight excluding hydrogens is 709 g/mol. The highest BCUT2D eigenvalue weighted by Gasteiger charge is 2.05. The van der Waals surface area contributed by atoms with Crippen molar-refractivity contribution in [2.24, 2.45) is 9.98 Å². The molecule has 0 aliphatic heterocycles. The molecule has 39 heavy (non-hydrogen) atoms. The van der Waals surface area contributed by atoms with Crippen LogP contribution in [0.25, 0.3) is 0 Å². The Balaban J connectivity index is 3.42. The lowest BCUT2D eigenvalue weighted by molar-refractivity contribution is -0.196. The van der Waals surface area contributed by atoms with E-state index in [-0.39, 0.29) is 29.0 Å². The van der Waals surface area contributed by atoms with E-state index in [0.717, 1.165) is 27.0 Å². The Morgan fingerprint density at radius 3 is 2.23 bits per heavy atom. The molecule has 0 spiro atoms. The van der Waals surface area contributed by atoms with Gasteiger partial charge in [0, 0.05) is 31.5 Å². The zero-order valence-electron chi connectivity index (χ0n) is 20.7. The number of alkyl carbamates (subject to hydrolysis) is 1. The molecular formula is C17H32N4O8S10. The Morgan fingerprint density at radius 1 is 0.821 bits per heavy atom. The molecule has 0 saturated heterocycles. The van der Waals surface area contributed by atoms with Crippen molar-refractivity contribution in [2.45, 2.75) is 0 Å². The molecule has 2 amide bonds. The number of hydrogen-bond acceptors (Lipinski definition) is 19. The van der Waals surface area contributed by atoms with Crippen molar-refractivity contribution in [1.82, 2.24) is 10.6 Å². The first kappa shape index (κ1) is 40.2. The molecule has 0 aliphatic carbocycles. The van der Waals surface area contributed by atoms with E-state index in [4.69, 9.17) is 19.8 Å². The molecule has 0 aromatic heterocycles. The third-order valence-corrected chi connectivity index (χ3v) is 12.7. The van der Waals surface area contributed by atoms with Crippen molar-refractivity contribution in [3.05, 3.63) is 0 Å². The predicted octanol–water partition coefficient (Wildman–Crippen LogP) is 4.21. The molecule has 0 fully saturated rings. The molecule has 0 heterocycles. The van der Waals surface area contributed by atoms with Crippen molar-refractivity contribution in [2.75, 3.05) is 72.7 Å². The molecule has 0 rings (SSSR count). The fraction of sp³-hybridized carbons (Fsp3) is 0.765. The van der Waals surface area contributed by atoms with Gasteiger partial charge in [-0.1, -0.05) is 35.3 Å². The molecule has 0 aromatic rings. The van der Waals surface area contributed by atoms with E-state index in [9.17, 15) is 14.1 Å². The van der Waals surface area contributed by atoms with Crippen LogP contribution in [0.15, 0.2) is 9.98 Å². The number of aliphatic imine (C=N–C) groups is 2. The van der Waals surface area contributed by atoms with Crippen molar-refractivity contribution in [3.63, 3.8) is 0 Å². The van der Waals surface area contributed by atoms with Gasteiger partial charge < -0.3 is 35.0 Å². The highest BCUT2D eigenvalue weighted by molar-refractivity contribution is 8.29. The van der Waals surface area contributed by atoms with Gasteiger partial charge in [0.2, 0.25) is 11.9 Å². The maximum Gasteiger partial charge on any atom is 0.408 e. The Kier molecular flexibility index (Phi) is 34.8. The van der Waals surface area contributed by atoms with Crippen LogP contribution in [0, 0.1) is 0 Å². The van der Waals surface area contributed by atoms with Crippen LogP contribution in [-0.2, 0) is 25.7 Å². The van der Waals surface area contributed by atoms with E-state index in [0.29, 0.717) is 33.7 Å². The zero-order chi connectivity index (χ0) is 28.7. The van der Waals surface area contributed by atoms with Gasteiger partial charge in [-0.3, -0.25) is 4.79 Å². The van der Waals surface area contributed by atoms with Crippen LogP contribution in [0.2, 0.25) is 0 Å². The van der Waals surface area contributed by atoms with Crippen LogP contribution in [0.3, 0.4) is 0 Å². The third-order valence-electron chi connectivity index (χ3n) is 2.91. The monoisotopic (exact) mass is 740 g/mol. The molecule has 12 nitrogen and oxygen atoms in total. The highest BCUT2D eigenvalue weighted by Crippen LogP contribution is 2.20. The maximum atomic E-state index is 11.9. The van der Waals surface area contributed by atoms with E-state index in [1.54, 1.807) is 47.0 Å². The molecule has 228 valence electrons. The topological polar surface area (TPSA) is 174 Å². The molecule has 1 unspecified atom stereocenters. The minimum Gasteiger partial charge on any atom is -0.610 e. The van der Waals surface area contributed by atoms with Gasteiger partial charge in [0.1, 0.15) is 11.9 Å². The summed E-state index contributed by atoms with van der Waals surface area (Å²) in [6.45, 7) is 0. The number of nitrogens with one attached hydrogen (secondary N) is 2. The number of aliphatic hydroxyl groups excluding tert-OH is 2. The normalized spacial score (nSPS) is 12.2. The SMILES string of the molecule is O=C(NCSCSC/N=C/[S+]([O-])CSCSCSC(=O)NCSCSC/N=C\OOCSCO)OCSCO. The van der Waals surface area contributed by atoms with Crippen molar-refractivity contribution in [1.29, 1.82) is 0 Å². The van der Waals surface area contributed by atoms with Crippen LogP contribution in [0.5, 0.6) is 0 Å². The molecule has 1 atom stereocenters. The lowest BCUT2D eigenvalue weighted by Gasteiger charge is -2.06. The van der Waals surface area contributed by atoms with Crippen LogP contribution in [0.1, 0.15) is 0 Å². The maximum absolute atomic E-state index is 11.9. The predicted molar refractivity (Wildman–Crippen MR) is 181 cm³/mol. The number of carbonyl (C=O) groups is 2. The first-order chi connectivity index (χ1) is 19.1. The van der Waals surface area contributed by atoms with Gasteiger partial charge in [-0.2, -0.15) is 4.89 Å². The first-order valence-electron chi connectivity index (χ1n) is 10.4. The summed E-state index contributed by atoms with van der Waals surface area (Å²) in [6.07, 6.45) is 0.692. The van der Waals surface area contributed by atoms with Crippen LogP contribution in [0.4, 0.5) is 9.59 Å². The van der Waals surface area contributed by atoms with Gasteiger partial charge in [0.15, 0.2) is 5.08 Å². The van der Waals surface area contributed by atoms with Crippen LogP contribution in [-0.4, -0.2) is 111 Å². The van der Waals surface area contributed by atoms with Gasteiger partial charge in [0.25, 0.3) is 5.24 Å². The Hall–Kier alpha value is 1.22. The summed E-state index contributed by atoms with van der Waals surface area (Å²) in [4.78, 5) is 40.6. The van der Waals surface area contributed by atoms with Crippen LogP contribution < -0.4 is 10.6 Å². The third kappa shape index (κ3) is 33.6. The van der Waals surface area contributed by atoms with Gasteiger partial charge in [0.05, 0.1) is 35.4 Å². The number of amides is 2. The molecule has 0 saturated carbocycles. The summed E-state index contributed by atoms with van der Waals surface area (Å²) in [7, 11) is 0. The molecule has 4 N–H and O–H groups in total. The summed E-state index contributed by atoms with van der Waals surface area (Å²) in [5.74, 6) is 2.16. The van der Waals surface area contributed by atoms with E-state index in [1.807, 2.05) is 0 Å². The number of carbonyl (C=O) groups excluding carboxylic acids is 2. The lowest BCUT2D eigenvalue weighted by atomic mass is 11.1. The standard InChI is InChI=1S/C17H32N4O8S10/c22-7-34-9-27-16(24)20-4-32-12-31-3-19-6-39(26)15-37-13-36-14-38-17(25)21-5-33-11-30-2-18-1-28-29-10-35-8-23/h1,6,22-23H,2-5,7-15H2,(H,20,24)(H,21,25)/b18-1-,19-6+. The molecule has 22 heteroatoms. The quantitative estimate of drug-likeness (QED) is 0.0179. The fourth-order valence-corrected chi connectivity index (χ4v) is 9.45. The molecule has 0 radical (unpaired) electrons. The lowest BCUT2D eigenvalue weighted by Crippen LogP contribution is -2.23. The average molecular weight is 741 g/mol. The zero-order valence-corrected chi connectivity index (χ0v) is 28.8. The molecule has 0 bridgehead atoms. The van der Waals surface area contributed by atoms with Gasteiger partial charge >= 0.3 is 6.09 Å². The second-order valence-electron chi connectivity index (χ2n) is 5.65. The van der Waals surface area contributed by atoms with E-state index in [2.05, 4.69) is 25.5 Å². The van der Waals surface area contributed by atoms with Gasteiger partial charge in [-0.25, -0.2) is 14.8 Å². The number of nitrogens with zero attached hydrogens (tertiary/aromatic N) is 2. The number of aliphatic hydroxyl groups is 2. The Morgan fingerprint density at radius 2 is 1.49 bits per heavy atom. The largest absolute Gasteiger partial charge is 0.610 e. The summed E-state index contributed by atoms with van der Waals surface area (Å²) in [5, 5.41) is 25.8. The van der Waals surface area contributed by atoms with E-state index in [1.165, 1.54) is 59.0 Å². The number of ether oxygens (including phenoxy) is 1. The number of thioether (sulfide) groups is 9. The molecule has 0 aliphatic rings. The highest BCUT2D eigenvalue weighted by atomic mass is 32.3. The van der Waals surface area contributed by atoms with Crippen LogP contribution >= 0.6 is 106 Å². The minimum absolute atomic E-state index is 0.0282. The van der Waals surface area contributed by atoms with Crippen molar-refractivity contribution in [3.8, 4) is 0 Å². The average Bonchev–Trinajstić information content (AvgIpc) is 2.92. The second kappa shape index (κ2) is 33.7. The first-order valence-corrected chi connectivity index (χ1v) is 22.0. The van der Waals surface area contributed by atoms with Crippen molar-refractivity contribution < 1.29 is 38.9 Å². The van der Waals surface area contributed by atoms with E-state index >= 15 is 0 Å². The summed E-state index contributed by atoms with van der Waals surface area (Å²) in [6, 6.07) is 0. The number of rotatable bonds is 27. The summed E-state index contributed by atoms with van der Waals surface area (Å²) in [5.41, 5.74) is 1.46. The Labute approximate surface area is 270 Å². The summed E-state index contributed by atoms with van der Waals surface area (Å²) >= 11 is 11.7. The van der Waals surface area contributed by atoms with Gasteiger partial charge in [-0.05, 0) is 0 Å². The molecule has 0 aromatic carbocycles. The summed E-state index contributed by atoms with van der Waals surface area (Å²) < 4.78 is 16.7. The number of hydrogen-bond donors (Lipinski definition) is 4. The van der Waals surface area contributed by atoms with Crippen molar-refractivity contribution >= 4 is 140 Å². The fourth-order valence-electron chi connectivity index (χ4n) is 1.47. The Bertz CT molecular complexity index is 648. The smallest absolute Gasteiger partial charge is 0.408 e. The second-order valence-corrected chi connectivity index (χ2v) is 17.3. The van der Waals surface area contributed by atoms with Gasteiger partial charge in [-0.15, -0.1) is 70.6 Å².